The van der Waals surface area contributed by atoms with Gasteiger partial charge in [0, 0.05) is 17.6 Å². The third-order valence-corrected chi connectivity index (χ3v) is 6.38. The molecule has 2 heterocycles. The highest BCUT2D eigenvalue weighted by molar-refractivity contribution is 6.31. The Bertz CT molecular complexity index is 768. The Labute approximate surface area is 166 Å². The minimum absolute atomic E-state index is 0.278. The molecule has 27 heavy (non-hydrogen) atoms. The highest BCUT2D eigenvalue weighted by Crippen LogP contribution is 2.44. The fourth-order valence-corrected chi connectivity index (χ4v) is 5.01. The first-order chi connectivity index (χ1) is 13.0. The summed E-state index contributed by atoms with van der Waals surface area (Å²) in [4.78, 5) is 13.7. The SMILES string of the molecule is CC1CCCCN1c1ccc(Cl)cc1N1C(N)=NC(N)=NC12CCCCC2. The van der Waals surface area contributed by atoms with Gasteiger partial charge in [-0.05, 0) is 70.1 Å². The van der Waals surface area contributed by atoms with E-state index in [0.717, 1.165) is 43.6 Å². The van der Waals surface area contributed by atoms with E-state index in [1.807, 2.05) is 12.1 Å². The van der Waals surface area contributed by atoms with Gasteiger partial charge in [0.05, 0.1) is 11.4 Å². The molecule has 0 bridgehead atoms. The Kier molecular flexibility index (Phi) is 4.93. The summed E-state index contributed by atoms with van der Waals surface area (Å²) in [6, 6.07) is 6.57. The molecule has 146 valence electrons. The minimum atomic E-state index is -0.452. The zero-order chi connectivity index (χ0) is 19.0. The van der Waals surface area contributed by atoms with Crippen LogP contribution in [0.1, 0.15) is 58.3 Å². The van der Waals surface area contributed by atoms with Crippen LogP contribution in [0.2, 0.25) is 5.02 Å². The average molecular weight is 389 g/mol. The molecule has 0 radical (unpaired) electrons. The van der Waals surface area contributed by atoms with Crippen molar-refractivity contribution in [1.82, 2.24) is 0 Å². The number of hydrogen-bond acceptors (Lipinski definition) is 6. The minimum Gasteiger partial charge on any atom is -0.369 e. The Hall–Kier alpha value is -1.95. The third-order valence-electron chi connectivity index (χ3n) is 6.14. The second-order valence-corrected chi connectivity index (χ2v) is 8.43. The van der Waals surface area contributed by atoms with Crippen LogP contribution in [0.25, 0.3) is 0 Å². The van der Waals surface area contributed by atoms with Crippen LogP contribution in [0.3, 0.4) is 0 Å². The van der Waals surface area contributed by atoms with Gasteiger partial charge in [-0.1, -0.05) is 18.0 Å². The van der Waals surface area contributed by atoms with Gasteiger partial charge in [-0.3, -0.25) is 4.90 Å². The van der Waals surface area contributed by atoms with Crippen molar-refractivity contribution in [2.75, 3.05) is 16.3 Å². The van der Waals surface area contributed by atoms with E-state index in [4.69, 9.17) is 28.1 Å². The molecule has 1 aromatic rings. The molecule has 4 rings (SSSR count). The standard InChI is InChI=1S/C20H29ClN6/c1-14-7-3-6-12-26(14)16-9-8-15(21)13-17(16)27-19(23)24-18(22)25-20(27)10-4-2-5-11-20/h8-9,13-14H,2-7,10-12H2,1H3,(H4,22,23,24,25). The average Bonchev–Trinajstić information content (AvgIpc) is 2.63. The molecule has 7 heteroatoms. The van der Waals surface area contributed by atoms with Gasteiger partial charge >= 0.3 is 0 Å². The third kappa shape index (κ3) is 3.35. The summed E-state index contributed by atoms with van der Waals surface area (Å²) in [6.45, 7) is 3.33. The fraction of sp³-hybridized carbons (Fsp3) is 0.600. The summed E-state index contributed by atoms with van der Waals surface area (Å²) in [5.41, 5.74) is 14.2. The maximum atomic E-state index is 6.44. The van der Waals surface area contributed by atoms with Crippen molar-refractivity contribution in [3.8, 4) is 0 Å². The molecule has 2 fully saturated rings. The topological polar surface area (TPSA) is 83.2 Å². The number of hydrogen-bond donors (Lipinski definition) is 2. The largest absolute Gasteiger partial charge is 0.369 e. The van der Waals surface area contributed by atoms with E-state index in [0.29, 0.717) is 17.0 Å². The molecule has 0 amide bonds. The Morgan fingerprint density at radius 2 is 1.85 bits per heavy atom. The van der Waals surface area contributed by atoms with Crippen LogP contribution in [-0.2, 0) is 0 Å². The number of benzene rings is 1. The first-order valence-corrected chi connectivity index (χ1v) is 10.4. The summed E-state index contributed by atoms with van der Waals surface area (Å²) in [5.74, 6) is 0.693. The highest BCUT2D eigenvalue weighted by Gasteiger charge is 2.44. The van der Waals surface area contributed by atoms with E-state index < -0.39 is 5.66 Å². The zero-order valence-electron chi connectivity index (χ0n) is 16.0. The molecule has 6 nitrogen and oxygen atoms in total. The number of halogens is 1. The van der Waals surface area contributed by atoms with E-state index >= 15 is 0 Å². The molecule has 1 saturated heterocycles. The van der Waals surface area contributed by atoms with Crippen molar-refractivity contribution < 1.29 is 0 Å². The van der Waals surface area contributed by atoms with Crippen molar-refractivity contribution in [1.29, 1.82) is 0 Å². The van der Waals surface area contributed by atoms with E-state index in [2.05, 4.69) is 27.8 Å². The summed E-state index contributed by atoms with van der Waals surface area (Å²) < 4.78 is 0. The summed E-state index contributed by atoms with van der Waals surface area (Å²) in [6.07, 6.45) is 8.95. The lowest BCUT2D eigenvalue weighted by Gasteiger charge is -2.47. The normalized spacial score (nSPS) is 25.3. The second kappa shape index (κ2) is 7.23. The van der Waals surface area contributed by atoms with Crippen molar-refractivity contribution in [2.45, 2.75) is 70.0 Å². The Balaban J connectivity index is 1.83. The van der Waals surface area contributed by atoms with Crippen LogP contribution in [0.4, 0.5) is 11.4 Å². The van der Waals surface area contributed by atoms with Gasteiger partial charge in [0.1, 0.15) is 5.66 Å². The number of nitrogens with two attached hydrogens (primary N) is 2. The highest BCUT2D eigenvalue weighted by atomic mass is 35.5. The van der Waals surface area contributed by atoms with E-state index in [1.54, 1.807) is 0 Å². The molecular weight excluding hydrogens is 360 g/mol. The van der Waals surface area contributed by atoms with Gasteiger partial charge in [0.2, 0.25) is 11.9 Å². The van der Waals surface area contributed by atoms with Crippen molar-refractivity contribution in [3.63, 3.8) is 0 Å². The monoisotopic (exact) mass is 388 g/mol. The van der Waals surface area contributed by atoms with Crippen LogP contribution in [0.5, 0.6) is 0 Å². The number of aliphatic imine (C=N–C) groups is 2. The molecule has 4 N–H and O–H groups in total. The van der Waals surface area contributed by atoms with Gasteiger partial charge in [0.15, 0.2) is 0 Å². The molecule has 1 unspecified atom stereocenters. The lowest BCUT2D eigenvalue weighted by atomic mass is 9.87. The molecule has 1 atom stereocenters. The molecule has 1 saturated carbocycles. The van der Waals surface area contributed by atoms with E-state index in [1.165, 1.54) is 25.7 Å². The predicted molar refractivity (Wildman–Crippen MR) is 114 cm³/mol. The molecule has 1 spiro atoms. The number of piperidine rings is 1. The van der Waals surface area contributed by atoms with Crippen molar-refractivity contribution in [2.24, 2.45) is 21.5 Å². The Morgan fingerprint density at radius 3 is 2.59 bits per heavy atom. The van der Waals surface area contributed by atoms with Crippen molar-refractivity contribution in [3.05, 3.63) is 23.2 Å². The summed E-state index contributed by atoms with van der Waals surface area (Å²) >= 11 is 6.43. The predicted octanol–water partition coefficient (Wildman–Crippen LogP) is 3.83. The number of anilines is 2. The van der Waals surface area contributed by atoms with Crippen LogP contribution in [-0.4, -0.2) is 30.2 Å². The maximum absolute atomic E-state index is 6.44. The summed E-state index contributed by atoms with van der Waals surface area (Å²) in [5, 5.41) is 0.694. The molecule has 1 aliphatic carbocycles. The lowest BCUT2D eigenvalue weighted by Crippen LogP contribution is -2.58. The second-order valence-electron chi connectivity index (χ2n) is 7.99. The van der Waals surface area contributed by atoms with E-state index in [9.17, 15) is 0 Å². The van der Waals surface area contributed by atoms with Crippen LogP contribution < -0.4 is 21.3 Å². The Morgan fingerprint density at radius 1 is 1.07 bits per heavy atom. The van der Waals surface area contributed by atoms with Crippen LogP contribution >= 0.6 is 11.6 Å². The number of rotatable bonds is 2. The van der Waals surface area contributed by atoms with E-state index in [-0.39, 0.29) is 5.96 Å². The molecule has 2 aliphatic heterocycles. The number of nitrogens with zero attached hydrogens (tertiary/aromatic N) is 4. The molecule has 1 aromatic carbocycles. The molecule has 3 aliphatic rings. The zero-order valence-corrected chi connectivity index (χ0v) is 16.8. The van der Waals surface area contributed by atoms with Gasteiger partial charge in [-0.15, -0.1) is 0 Å². The number of guanidine groups is 2. The van der Waals surface area contributed by atoms with Gasteiger partial charge < -0.3 is 16.4 Å². The molecular formula is C20H29ClN6. The van der Waals surface area contributed by atoms with Crippen LogP contribution in [0.15, 0.2) is 28.2 Å². The first-order valence-electron chi connectivity index (χ1n) is 10.1. The van der Waals surface area contributed by atoms with Crippen LogP contribution in [0, 0.1) is 0 Å². The van der Waals surface area contributed by atoms with Gasteiger partial charge in [-0.2, -0.15) is 4.99 Å². The maximum Gasteiger partial charge on any atom is 0.220 e. The molecule has 0 aromatic heterocycles. The summed E-state index contributed by atoms with van der Waals surface area (Å²) in [7, 11) is 0. The van der Waals surface area contributed by atoms with Gasteiger partial charge in [0.25, 0.3) is 0 Å². The first kappa shape index (κ1) is 18.4. The fourth-order valence-electron chi connectivity index (χ4n) is 4.84. The lowest BCUT2D eigenvalue weighted by molar-refractivity contribution is 0.305. The van der Waals surface area contributed by atoms with Crippen molar-refractivity contribution >= 4 is 34.9 Å². The smallest absolute Gasteiger partial charge is 0.220 e. The quantitative estimate of drug-likeness (QED) is 0.806. The van der Waals surface area contributed by atoms with Gasteiger partial charge in [-0.25, -0.2) is 4.99 Å².